The van der Waals surface area contributed by atoms with E-state index in [2.05, 4.69) is 0 Å². The molecule has 5 heteroatoms. The fourth-order valence-corrected chi connectivity index (χ4v) is 1.90. The van der Waals surface area contributed by atoms with Crippen molar-refractivity contribution in [3.8, 4) is 5.75 Å². The molecule has 0 saturated heterocycles. The van der Waals surface area contributed by atoms with E-state index in [1.54, 1.807) is 11.9 Å². The summed E-state index contributed by atoms with van der Waals surface area (Å²) in [5.74, 6) is 0.00731. The lowest BCUT2D eigenvalue weighted by Gasteiger charge is -2.16. The molecule has 0 aromatic heterocycles. The summed E-state index contributed by atoms with van der Waals surface area (Å²) in [6, 6.07) is 7.79. The SMILES string of the molecule is Cc1cccc(OCCCC(=O)N(C)CCCC(=O)O)c1. The molecule has 0 heterocycles. The Morgan fingerprint density at radius 1 is 1.24 bits per heavy atom. The zero-order valence-corrected chi connectivity index (χ0v) is 12.7. The Labute approximate surface area is 125 Å². The first-order valence-electron chi connectivity index (χ1n) is 7.14. The van der Waals surface area contributed by atoms with Crippen LogP contribution in [-0.4, -0.2) is 42.1 Å². The molecule has 1 amide bonds. The molecule has 0 saturated carbocycles. The Morgan fingerprint density at radius 3 is 2.67 bits per heavy atom. The minimum absolute atomic E-state index is 0.0215. The van der Waals surface area contributed by atoms with Gasteiger partial charge >= 0.3 is 5.97 Å². The molecule has 0 atom stereocenters. The number of carbonyl (C=O) groups excluding carboxylic acids is 1. The number of ether oxygens (including phenoxy) is 1. The van der Waals surface area contributed by atoms with Crippen LogP contribution >= 0.6 is 0 Å². The van der Waals surface area contributed by atoms with E-state index in [9.17, 15) is 9.59 Å². The minimum Gasteiger partial charge on any atom is -0.494 e. The van der Waals surface area contributed by atoms with Gasteiger partial charge in [-0.2, -0.15) is 0 Å². The van der Waals surface area contributed by atoms with E-state index in [-0.39, 0.29) is 12.3 Å². The van der Waals surface area contributed by atoms with Gasteiger partial charge in [0.2, 0.25) is 5.91 Å². The van der Waals surface area contributed by atoms with Gasteiger partial charge in [-0.1, -0.05) is 12.1 Å². The molecule has 0 aliphatic carbocycles. The van der Waals surface area contributed by atoms with Crippen LogP contribution in [0.3, 0.4) is 0 Å². The first kappa shape index (κ1) is 17.0. The summed E-state index contributed by atoms with van der Waals surface area (Å²) in [5, 5.41) is 8.55. The molecule has 1 N–H and O–H groups in total. The maximum absolute atomic E-state index is 11.8. The van der Waals surface area contributed by atoms with Gasteiger partial charge in [0.05, 0.1) is 6.61 Å². The van der Waals surface area contributed by atoms with E-state index in [0.29, 0.717) is 32.4 Å². The highest BCUT2D eigenvalue weighted by Gasteiger charge is 2.09. The first-order chi connectivity index (χ1) is 9.99. The van der Waals surface area contributed by atoms with E-state index in [0.717, 1.165) is 11.3 Å². The highest BCUT2D eigenvalue weighted by Crippen LogP contribution is 2.12. The van der Waals surface area contributed by atoms with Crippen LogP contribution in [0.1, 0.15) is 31.2 Å². The second-order valence-corrected chi connectivity index (χ2v) is 5.08. The number of aryl methyl sites for hydroxylation is 1. The van der Waals surface area contributed by atoms with Crippen LogP contribution in [0.15, 0.2) is 24.3 Å². The van der Waals surface area contributed by atoms with Gasteiger partial charge in [0.15, 0.2) is 0 Å². The Bertz CT molecular complexity index is 473. The summed E-state index contributed by atoms with van der Waals surface area (Å²) in [6.45, 7) is 2.98. The number of aliphatic carboxylic acids is 1. The van der Waals surface area contributed by atoms with Crippen LogP contribution < -0.4 is 4.74 Å². The molecule has 0 aliphatic rings. The molecule has 116 valence electrons. The van der Waals surface area contributed by atoms with E-state index in [1.807, 2.05) is 31.2 Å². The van der Waals surface area contributed by atoms with Crippen molar-refractivity contribution in [2.24, 2.45) is 0 Å². The number of rotatable bonds is 9. The van der Waals surface area contributed by atoms with E-state index in [4.69, 9.17) is 9.84 Å². The topological polar surface area (TPSA) is 66.8 Å². The zero-order valence-electron chi connectivity index (χ0n) is 12.7. The zero-order chi connectivity index (χ0) is 15.7. The average Bonchev–Trinajstić information content (AvgIpc) is 2.43. The van der Waals surface area contributed by atoms with Crippen molar-refractivity contribution in [1.29, 1.82) is 0 Å². The van der Waals surface area contributed by atoms with Crippen molar-refractivity contribution in [2.75, 3.05) is 20.2 Å². The maximum atomic E-state index is 11.8. The van der Waals surface area contributed by atoms with Crippen molar-refractivity contribution < 1.29 is 19.4 Å². The predicted octanol–water partition coefficient (Wildman–Crippen LogP) is 2.48. The lowest BCUT2D eigenvalue weighted by molar-refractivity contribution is -0.138. The molecular weight excluding hydrogens is 270 g/mol. The monoisotopic (exact) mass is 293 g/mol. The second-order valence-electron chi connectivity index (χ2n) is 5.08. The third kappa shape index (κ3) is 7.34. The van der Waals surface area contributed by atoms with E-state index < -0.39 is 5.97 Å². The quantitative estimate of drug-likeness (QED) is 0.710. The van der Waals surface area contributed by atoms with Crippen LogP contribution in [0.5, 0.6) is 5.75 Å². The van der Waals surface area contributed by atoms with E-state index in [1.165, 1.54) is 0 Å². The van der Waals surface area contributed by atoms with Crippen molar-refractivity contribution >= 4 is 11.9 Å². The normalized spacial score (nSPS) is 10.2. The number of hydrogen-bond donors (Lipinski definition) is 1. The first-order valence-corrected chi connectivity index (χ1v) is 7.14. The third-order valence-corrected chi connectivity index (χ3v) is 3.10. The maximum Gasteiger partial charge on any atom is 0.303 e. The highest BCUT2D eigenvalue weighted by atomic mass is 16.5. The molecule has 1 rings (SSSR count). The number of amides is 1. The Kier molecular flexibility index (Phi) is 7.29. The number of carboxylic acid groups (broad SMARTS) is 1. The van der Waals surface area contributed by atoms with Gasteiger partial charge in [-0.15, -0.1) is 0 Å². The third-order valence-electron chi connectivity index (χ3n) is 3.10. The van der Waals surface area contributed by atoms with E-state index >= 15 is 0 Å². The standard InChI is InChI=1S/C16H23NO4/c1-13-6-3-7-14(12-13)21-11-5-8-15(18)17(2)10-4-9-16(19)20/h3,6-7,12H,4-5,8-11H2,1-2H3,(H,19,20). The fourth-order valence-electron chi connectivity index (χ4n) is 1.90. The van der Waals surface area contributed by atoms with Crippen molar-refractivity contribution in [3.05, 3.63) is 29.8 Å². The lowest BCUT2D eigenvalue weighted by Crippen LogP contribution is -2.28. The fraction of sp³-hybridized carbons (Fsp3) is 0.500. The van der Waals surface area contributed by atoms with Crippen LogP contribution in [-0.2, 0) is 9.59 Å². The second kappa shape index (κ2) is 9.00. The highest BCUT2D eigenvalue weighted by molar-refractivity contribution is 5.75. The molecule has 1 aromatic carbocycles. The summed E-state index contributed by atoms with van der Waals surface area (Å²) in [7, 11) is 1.70. The molecule has 0 aliphatic heterocycles. The van der Waals surface area contributed by atoms with Crippen molar-refractivity contribution in [1.82, 2.24) is 4.90 Å². The summed E-state index contributed by atoms with van der Waals surface area (Å²) in [4.78, 5) is 23.8. The van der Waals surface area contributed by atoms with Crippen LogP contribution in [0.2, 0.25) is 0 Å². The predicted molar refractivity (Wildman–Crippen MR) is 80.4 cm³/mol. The molecule has 0 spiro atoms. The van der Waals surface area contributed by atoms with Crippen LogP contribution in [0.4, 0.5) is 0 Å². The van der Waals surface area contributed by atoms with Gasteiger partial charge < -0.3 is 14.7 Å². The number of nitrogens with zero attached hydrogens (tertiary/aromatic N) is 1. The van der Waals surface area contributed by atoms with Gasteiger partial charge in [-0.05, 0) is 37.5 Å². The molecular formula is C16H23NO4. The Balaban J connectivity index is 2.16. The van der Waals surface area contributed by atoms with Gasteiger partial charge in [0.1, 0.15) is 5.75 Å². The summed E-state index contributed by atoms with van der Waals surface area (Å²) in [6.07, 6.45) is 1.64. The summed E-state index contributed by atoms with van der Waals surface area (Å²) >= 11 is 0. The summed E-state index contributed by atoms with van der Waals surface area (Å²) < 4.78 is 5.58. The smallest absolute Gasteiger partial charge is 0.303 e. The number of benzene rings is 1. The minimum atomic E-state index is -0.831. The lowest BCUT2D eigenvalue weighted by atomic mass is 10.2. The van der Waals surface area contributed by atoms with Gasteiger partial charge in [0.25, 0.3) is 0 Å². The van der Waals surface area contributed by atoms with Gasteiger partial charge in [-0.25, -0.2) is 0 Å². The summed E-state index contributed by atoms with van der Waals surface area (Å²) in [5.41, 5.74) is 1.14. The Morgan fingerprint density at radius 2 is 2.00 bits per heavy atom. The average molecular weight is 293 g/mol. The van der Waals surface area contributed by atoms with Gasteiger partial charge in [0, 0.05) is 26.4 Å². The molecule has 1 aromatic rings. The van der Waals surface area contributed by atoms with Crippen LogP contribution in [0, 0.1) is 6.92 Å². The number of hydrogen-bond acceptors (Lipinski definition) is 3. The molecule has 0 unspecified atom stereocenters. The largest absolute Gasteiger partial charge is 0.494 e. The molecule has 0 fully saturated rings. The number of carboxylic acids is 1. The molecule has 5 nitrogen and oxygen atoms in total. The molecule has 0 radical (unpaired) electrons. The van der Waals surface area contributed by atoms with Gasteiger partial charge in [-0.3, -0.25) is 9.59 Å². The molecule has 21 heavy (non-hydrogen) atoms. The van der Waals surface area contributed by atoms with Crippen molar-refractivity contribution in [3.63, 3.8) is 0 Å². The number of carbonyl (C=O) groups is 2. The Hall–Kier alpha value is -2.04. The van der Waals surface area contributed by atoms with Crippen molar-refractivity contribution in [2.45, 2.75) is 32.6 Å². The molecule has 0 bridgehead atoms. The van der Waals surface area contributed by atoms with Crippen LogP contribution in [0.25, 0.3) is 0 Å².